The van der Waals surface area contributed by atoms with Crippen LogP contribution in [0.1, 0.15) is 48.8 Å². The number of hydrogen-bond donors (Lipinski definition) is 2. The third-order valence-electron chi connectivity index (χ3n) is 7.55. The van der Waals surface area contributed by atoms with Crippen LogP contribution in [0.5, 0.6) is 5.75 Å². The van der Waals surface area contributed by atoms with E-state index in [1.165, 1.54) is 5.56 Å². The molecule has 0 bridgehead atoms. The van der Waals surface area contributed by atoms with Gasteiger partial charge in [0.25, 0.3) is 0 Å². The second-order valence-electron chi connectivity index (χ2n) is 10.7. The van der Waals surface area contributed by atoms with Crippen molar-refractivity contribution in [2.45, 2.75) is 63.6 Å². The number of nitrogens with zero attached hydrogens (tertiary/aromatic N) is 1. The molecule has 1 fully saturated rings. The second-order valence-corrected chi connectivity index (χ2v) is 10.7. The number of piperidine rings is 1. The molecule has 39 heavy (non-hydrogen) atoms. The molecule has 4 atom stereocenters. The molecule has 0 saturated carbocycles. The number of ether oxygens (including phenoxy) is 5. The summed E-state index contributed by atoms with van der Waals surface area (Å²) < 4.78 is 28.5. The molecule has 2 aromatic rings. The summed E-state index contributed by atoms with van der Waals surface area (Å²) in [5.74, 6) is 1.18. The lowest BCUT2D eigenvalue weighted by molar-refractivity contribution is -0.000980. The fourth-order valence-corrected chi connectivity index (χ4v) is 5.52. The highest BCUT2D eigenvalue weighted by Crippen LogP contribution is 2.35. The molecule has 216 valence electrons. The minimum atomic E-state index is -0.336. The number of hydrogen-bond acceptors (Lipinski definition) is 8. The summed E-state index contributed by atoms with van der Waals surface area (Å²) in [6.45, 7) is 8.19. The molecule has 0 unspecified atom stereocenters. The van der Waals surface area contributed by atoms with Crippen molar-refractivity contribution in [3.05, 3.63) is 59.2 Å². The fourth-order valence-electron chi connectivity index (χ4n) is 5.52. The highest BCUT2D eigenvalue weighted by atomic mass is 16.5. The van der Waals surface area contributed by atoms with Crippen LogP contribution in [0.2, 0.25) is 0 Å². The van der Waals surface area contributed by atoms with Crippen LogP contribution in [-0.4, -0.2) is 83.6 Å². The lowest BCUT2D eigenvalue weighted by Gasteiger charge is -2.38. The number of methoxy groups -OCH3 is 2. The Bertz CT molecular complexity index is 986. The van der Waals surface area contributed by atoms with Crippen LogP contribution in [0.4, 0.5) is 5.69 Å². The molecule has 2 aliphatic rings. The number of aliphatic hydroxyl groups is 1. The molecule has 0 radical (unpaired) electrons. The van der Waals surface area contributed by atoms with E-state index in [-0.39, 0.29) is 24.2 Å². The van der Waals surface area contributed by atoms with Gasteiger partial charge in [0, 0.05) is 45.9 Å². The molecule has 0 aromatic heterocycles. The summed E-state index contributed by atoms with van der Waals surface area (Å²) >= 11 is 0. The van der Waals surface area contributed by atoms with Crippen molar-refractivity contribution in [3.63, 3.8) is 0 Å². The topological polar surface area (TPSA) is 81.7 Å². The summed E-state index contributed by atoms with van der Waals surface area (Å²) in [4.78, 5) is 2.38. The zero-order chi connectivity index (χ0) is 27.5. The molecular weight excluding hydrogens is 496 g/mol. The van der Waals surface area contributed by atoms with Crippen molar-refractivity contribution in [1.82, 2.24) is 5.32 Å². The van der Waals surface area contributed by atoms with Gasteiger partial charge < -0.3 is 39.0 Å². The quantitative estimate of drug-likeness (QED) is 0.328. The maximum atomic E-state index is 10.0. The van der Waals surface area contributed by atoms with Gasteiger partial charge in [0.15, 0.2) is 0 Å². The number of aliphatic hydroxyl groups excluding tert-OH is 1. The average molecular weight is 543 g/mol. The van der Waals surface area contributed by atoms with Crippen molar-refractivity contribution >= 4 is 5.69 Å². The Morgan fingerprint density at radius 2 is 1.82 bits per heavy atom. The van der Waals surface area contributed by atoms with Crippen LogP contribution < -0.4 is 15.0 Å². The van der Waals surface area contributed by atoms with Crippen LogP contribution in [0, 0.1) is 0 Å². The molecule has 2 N–H and O–H groups in total. The van der Waals surface area contributed by atoms with Crippen LogP contribution in [-0.2, 0) is 32.2 Å². The first-order valence-electron chi connectivity index (χ1n) is 14.3. The van der Waals surface area contributed by atoms with E-state index in [1.54, 1.807) is 14.2 Å². The Morgan fingerprint density at radius 3 is 2.59 bits per heavy atom. The first-order chi connectivity index (χ1) is 19.1. The van der Waals surface area contributed by atoms with Crippen molar-refractivity contribution in [1.29, 1.82) is 0 Å². The third kappa shape index (κ3) is 8.90. The van der Waals surface area contributed by atoms with Gasteiger partial charge in [0.1, 0.15) is 12.4 Å². The minimum Gasteiger partial charge on any atom is -0.490 e. The lowest BCUT2D eigenvalue weighted by Crippen LogP contribution is -2.48. The van der Waals surface area contributed by atoms with E-state index in [1.807, 2.05) is 6.92 Å². The Morgan fingerprint density at radius 1 is 1.03 bits per heavy atom. The van der Waals surface area contributed by atoms with Crippen LogP contribution in [0.15, 0.2) is 42.5 Å². The van der Waals surface area contributed by atoms with E-state index in [2.05, 4.69) is 52.7 Å². The fraction of sp³-hybridized carbons (Fsp3) is 0.613. The van der Waals surface area contributed by atoms with Gasteiger partial charge in [0.2, 0.25) is 0 Å². The average Bonchev–Trinajstić information content (AvgIpc) is 2.95. The lowest BCUT2D eigenvalue weighted by atomic mass is 9.82. The van der Waals surface area contributed by atoms with Gasteiger partial charge in [-0.3, -0.25) is 0 Å². The zero-order valence-corrected chi connectivity index (χ0v) is 23.8. The van der Waals surface area contributed by atoms with Gasteiger partial charge in [-0.1, -0.05) is 30.3 Å². The van der Waals surface area contributed by atoms with Crippen molar-refractivity contribution in [3.8, 4) is 5.75 Å². The third-order valence-corrected chi connectivity index (χ3v) is 7.55. The van der Waals surface area contributed by atoms with Gasteiger partial charge >= 0.3 is 0 Å². The molecule has 1 saturated heterocycles. The summed E-state index contributed by atoms with van der Waals surface area (Å²) in [5, 5.41) is 13.6. The molecule has 0 aliphatic carbocycles. The normalized spacial score (nSPS) is 21.8. The highest BCUT2D eigenvalue weighted by molar-refractivity contribution is 5.61. The predicted octanol–water partition coefficient (Wildman–Crippen LogP) is 3.89. The monoisotopic (exact) mass is 542 g/mol. The molecule has 0 spiro atoms. The number of nitrogens with one attached hydrogen (secondary N) is 1. The Kier molecular flexibility index (Phi) is 11.9. The SMILES string of the molecule is COCCCN1CCOc2ccc(CO[C@H]3CN[C@@H](C[C@H](C)O)C[C@@H]3c3ccc(COCCOC)cc3)cc21. The number of rotatable bonds is 15. The first-order valence-corrected chi connectivity index (χ1v) is 14.3. The van der Waals surface area contributed by atoms with E-state index in [4.69, 9.17) is 23.7 Å². The molecule has 8 nitrogen and oxygen atoms in total. The van der Waals surface area contributed by atoms with Crippen LogP contribution >= 0.6 is 0 Å². The van der Waals surface area contributed by atoms with Crippen molar-refractivity contribution < 1.29 is 28.8 Å². The second kappa shape index (κ2) is 15.6. The van der Waals surface area contributed by atoms with E-state index in [0.717, 1.165) is 68.1 Å². The van der Waals surface area contributed by atoms with Crippen molar-refractivity contribution in [2.24, 2.45) is 0 Å². The summed E-state index contributed by atoms with van der Waals surface area (Å²) in [6, 6.07) is 15.3. The van der Waals surface area contributed by atoms with Gasteiger partial charge in [-0.2, -0.15) is 0 Å². The predicted molar refractivity (Wildman–Crippen MR) is 153 cm³/mol. The Labute approximate surface area is 233 Å². The largest absolute Gasteiger partial charge is 0.490 e. The molecule has 2 aliphatic heterocycles. The van der Waals surface area contributed by atoms with Crippen LogP contribution in [0.3, 0.4) is 0 Å². The van der Waals surface area contributed by atoms with E-state index < -0.39 is 0 Å². The first kappa shape index (κ1) is 29.8. The van der Waals surface area contributed by atoms with Gasteiger partial charge in [-0.15, -0.1) is 0 Å². The maximum absolute atomic E-state index is 10.0. The van der Waals surface area contributed by atoms with Crippen LogP contribution in [0.25, 0.3) is 0 Å². The Balaban J connectivity index is 1.42. The number of fused-ring (bicyclic) bond motifs is 1. The van der Waals surface area contributed by atoms with E-state index in [9.17, 15) is 5.11 Å². The van der Waals surface area contributed by atoms with E-state index >= 15 is 0 Å². The van der Waals surface area contributed by atoms with Gasteiger partial charge in [-0.05, 0) is 55.0 Å². The molecule has 2 aromatic carbocycles. The molecule has 2 heterocycles. The molecular formula is C31H46N2O6. The molecule has 4 rings (SSSR count). The zero-order valence-electron chi connectivity index (χ0n) is 23.8. The Hall–Kier alpha value is -2.20. The smallest absolute Gasteiger partial charge is 0.142 e. The van der Waals surface area contributed by atoms with Gasteiger partial charge in [-0.25, -0.2) is 0 Å². The summed E-state index contributed by atoms with van der Waals surface area (Å²) in [7, 11) is 3.43. The standard InChI is InChI=1S/C31H46N2O6/c1-23(34)17-27-19-28(26-8-5-24(6-9-26)21-37-16-15-36-3)31(20-32-27)39-22-25-7-10-30-29(18-25)33(12-14-38-30)11-4-13-35-2/h5-10,18,23,27-28,31-32,34H,4,11-17,19-22H2,1-3H3/t23-,27-,28+,31-/m0/s1. The molecule has 8 heteroatoms. The minimum absolute atomic E-state index is 0.0316. The highest BCUT2D eigenvalue weighted by Gasteiger charge is 2.32. The summed E-state index contributed by atoms with van der Waals surface area (Å²) in [5.41, 5.74) is 4.69. The molecule has 0 amide bonds. The number of benzene rings is 2. The number of anilines is 1. The summed E-state index contributed by atoms with van der Waals surface area (Å²) in [6.07, 6.45) is 2.33. The maximum Gasteiger partial charge on any atom is 0.142 e. The van der Waals surface area contributed by atoms with Gasteiger partial charge in [0.05, 0.1) is 50.9 Å². The van der Waals surface area contributed by atoms with E-state index in [0.29, 0.717) is 33.0 Å². The van der Waals surface area contributed by atoms with Crippen molar-refractivity contribution in [2.75, 3.05) is 65.2 Å².